The van der Waals surface area contributed by atoms with Gasteiger partial charge in [0.1, 0.15) is 5.76 Å². The van der Waals surface area contributed by atoms with Gasteiger partial charge in [-0.25, -0.2) is 4.98 Å². The molecule has 2 heterocycles. The zero-order chi connectivity index (χ0) is 19.4. The van der Waals surface area contributed by atoms with Crippen LogP contribution in [-0.2, 0) is 20.7 Å². The number of carbonyl (C=O) groups is 2. The Morgan fingerprint density at radius 2 is 2.00 bits per heavy atom. The molecule has 1 aromatic carbocycles. The fourth-order valence-corrected chi connectivity index (χ4v) is 3.20. The Balaban J connectivity index is 1.59. The van der Waals surface area contributed by atoms with Crippen molar-refractivity contribution in [3.63, 3.8) is 0 Å². The van der Waals surface area contributed by atoms with Gasteiger partial charge in [-0.3, -0.25) is 9.59 Å². The third-order valence-electron chi connectivity index (χ3n) is 3.60. The molecule has 1 amide bonds. The molecule has 0 bridgehead atoms. The smallest absolute Gasteiger partial charge is 0.311 e. The normalized spacial score (nSPS) is 10.6. The van der Waals surface area contributed by atoms with Gasteiger partial charge in [-0.15, -0.1) is 11.3 Å². The number of hydrogen-bond donors (Lipinski definition) is 2. The number of thiazole rings is 1. The molecule has 0 aliphatic rings. The van der Waals surface area contributed by atoms with Crippen molar-refractivity contribution in [3.05, 3.63) is 46.5 Å². The molecule has 2 aromatic heterocycles. The molecule has 0 saturated heterocycles. The highest BCUT2D eigenvalue weighted by Crippen LogP contribution is 2.30. The number of aryl methyl sites for hydroxylation is 2. The fraction of sp³-hybridized carbons (Fsp3) is 0.222. The van der Waals surface area contributed by atoms with Gasteiger partial charge in [0.15, 0.2) is 17.6 Å². The summed E-state index contributed by atoms with van der Waals surface area (Å²) < 4.78 is 9.88. The lowest BCUT2D eigenvalue weighted by Crippen LogP contribution is -2.21. The summed E-state index contributed by atoms with van der Waals surface area (Å²) in [6.07, 6.45) is -0.0194. The number of aromatic nitrogens is 2. The van der Waals surface area contributed by atoms with Gasteiger partial charge in [0.2, 0.25) is 0 Å². The van der Waals surface area contributed by atoms with Gasteiger partial charge < -0.3 is 20.3 Å². The van der Waals surface area contributed by atoms with Crippen LogP contribution in [0.2, 0.25) is 0 Å². The van der Waals surface area contributed by atoms with Gasteiger partial charge in [-0.1, -0.05) is 35.0 Å². The molecule has 0 aliphatic heterocycles. The van der Waals surface area contributed by atoms with Crippen molar-refractivity contribution in [1.29, 1.82) is 0 Å². The molecule has 3 aromatic rings. The minimum Gasteiger partial charge on any atom is -0.455 e. The largest absolute Gasteiger partial charge is 0.455 e. The molecular weight excluding hydrogens is 368 g/mol. The SMILES string of the molecule is Cc1ccc(-c2nc(N)sc2CC(=O)OCC(=O)Nc2cc(C)on2)cc1. The first-order chi connectivity index (χ1) is 12.9. The summed E-state index contributed by atoms with van der Waals surface area (Å²) in [7, 11) is 0. The predicted molar refractivity (Wildman–Crippen MR) is 101 cm³/mol. The molecule has 0 spiro atoms. The molecule has 0 fully saturated rings. The standard InChI is InChI=1S/C18H18N4O4S/c1-10-3-5-12(6-4-10)17-13(27-18(19)21-17)8-16(24)25-9-15(23)20-14-7-11(2)26-22-14/h3-7H,8-9H2,1-2H3,(H2,19,21)(H,20,22,23). The first-order valence-corrected chi connectivity index (χ1v) is 8.93. The summed E-state index contributed by atoms with van der Waals surface area (Å²) in [6.45, 7) is 3.27. The van der Waals surface area contributed by atoms with E-state index in [0.717, 1.165) is 11.1 Å². The van der Waals surface area contributed by atoms with Crippen molar-refractivity contribution < 1.29 is 18.8 Å². The summed E-state index contributed by atoms with van der Waals surface area (Å²) in [4.78, 5) is 28.9. The first kappa shape index (κ1) is 18.6. The molecule has 0 saturated carbocycles. The lowest BCUT2D eigenvalue weighted by Gasteiger charge is -2.05. The van der Waals surface area contributed by atoms with E-state index in [1.165, 1.54) is 11.3 Å². The highest BCUT2D eigenvalue weighted by Gasteiger charge is 2.17. The highest BCUT2D eigenvalue weighted by molar-refractivity contribution is 7.15. The van der Waals surface area contributed by atoms with E-state index in [9.17, 15) is 9.59 Å². The van der Waals surface area contributed by atoms with Crippen molar-refractivity contribution in [1.82, 2.24) is 10.1 Å². The van der Waals surface area contributed by atoms with E-state index in [0.29, 0.717) is 21.5 Å². The van der Waals surface area contributed by atoms with E-state index < -0.39 is 18.5 Å². The Morgan fingerprint density at radius 3 is 2.67 bits per heavy atom. The number of benzene rings is 1. The lowest BCUT2D eigenvalue weighted by atomic mass is 10.1. The number of rotatable bonds is 6. The molecule has 0 atom stereocenters. The predicted octanol–water partition coefficient (Wildman–Crippen LogP) is 2.72. The number of nitrogen functional groups attached to an aromatic ring is 1. The summed E-state index contributed by atoms with van der Waals surface area (Å²) in [5.74, 6) is -0.211. The number of amides is 1. The minimum atomic E-state index is -0.543. The average Bonchev–Trinajstić information content (AvgIpc) is 3.19. The van der Waals surface area contributed by atoms with Crippen LogP contribution in [0.5, 0.6) is 0 Å². The first-order valence-electron chi connectivity index (χ1n) is 8.11. The molecule has 9 heteroatoms. The van der Waals surface area contributed by atoms with Gasteiger partial charge in [-0.05, 0) is 13.8 Å². The van der Waals surface area contributed by atoms with Crippen LogP contribution in [-0.4, -0.2) is 28.6 Å². The van der Waals surface area contributed by atoms with Crippen LogP contribution < -0.4 is 11.1 Å². The van der Waals surface area contributed by atoms with Crippen LogP contribution in [0.25, 0.3) is 11.3 Å². The molecule has 27 heavy (non-hydrogen) atoms. The van der Waals surface area contributed by atoms with Gasteiger partial charge in [0.25, 0.3) is 5.91 Å². The second-order valence-corrected chi connectivity index (χ2v) is 7.01. The average molecular weight is 386 g/mol. The number of carbonyl (C=O) groups excluding carboxylic acids is 2. The number of nitrogens with two attached hydrogens (primary N) is 1. The van der Waals surface area contributed by atoms with Crippen LogP contribution in [0.1, 0.15) is 16.2 Å². The van der Waals surface area contributed by atoms with Gasteiger partial charge in [0, 0.05) is 16.5 Å². The third kappa shape index (κ3) is 4.91. The summed E-state index contributed by atoms with van der Waals surface area (Å²) in [5, 5.41) is 6.48. The van der Waals surface area contributed by atoms with E-state index in [-0.39, 0.29) is 12.2 Å². The Morgan fingerprint density at radius 1 is 1.26 bits per heavy atom. The fourth-order valence-electron chi connectivity index (χ4n) is 2.36. The van der Waals surface area contributed by atoms with Crippen molar-refractivity contribution in [3.8, 4) is 11.3 Å². The minimum absolute atomic E-state index is 0.0194. The number of ether oxygens (including phenoxy) is 1. The molecular formula is C18H18N4O4S. The van der Waals surface area contributed by atoms with Gasteiger partial charge in [-0.2, -0.15) is 0 Å². The summed E-state index contributed by atoms with van der Waals surface area (Å²) in [5.41, 5.74) is 8.45. The Bertz CT molecular complexity index is 962. The molecule has 0 radical (unpaired) electrons. The zero-order valence-electron chi connectivity index (χ0n) is 14.8. The molecule has 140 valence electrons. The van der Waals surface area contributed by atoms with Crippen LogP contribution in [0.3, 0.4) is 0 Å². The molecule has 8 nitrogen and oxygen atoms in total. The van der Waals surface area contributed by atoms with E-state index >= 15 is 0 Å². The van der Waals surface area contributed by atoms with Crippen molar-refractivity contribution in [2.75, 3.05) is 17.7 Å². The van der Waals surface area contributed by atoms with Gasteiger partial charge >= 0.3 is 5.97 Å². The topological polar surface area (TPSA) is 120 Å². The van der Waals surface area contributed by atoms with Crippen molar-refractivity contribution in [2.45, 2.75) is 20.3 Å². The third-order valence-corrected chi connectivity index (χ3v) is 4.49. The maximum atomic E-state index is 12.1. The maximum Gasteiger partial charge on any atom is 0.311 e. The van der Waals surface area contributed by atoms with Crippen molar-refractivity contribution in [2.24, 2.45) is 0 Å². The molecule has 3 rings (SSSR count). The Labute approximate surface area is 159 Å². The molecule has 0 unspecified atom stereocenters. The number of anilines is 2. The van der Waals surface area contributed by atoms with Crippen molar-refractivity contribution >= 4 is 34.2 Å². The number of nitrogens with one attached hydrogen (secondary N) is 1. The summed E-state index contributed by atoms with van der Waals surface area (Å²) >= 11 is 1.22. The van der Waals surface area contributed by atoms with E-state index in [4.69, 9.17) is 15.0 Å². The van der Waals surface area contributed by atoms with E-state index in [2.05, 4.69) is 15.5 Å². The second kappa shape index (κ2) is 8.00. The second-order valence-electron chi connectivity index (χ2n) is 5.90. The Hall–Kier alpha value is -3.20. The Kier molecular flexibility index (Phi) is 5.51. The number of esters is 1. The van der Waals surface area contributed by atoms with Crippen LogP contribution in [0, 0.1) is 13.8 Å². The van der Waals surface area contributed by atoms with E-state index in [1.807, 2.05) is 31.2 Å². The zero-order valence-corrected chi connectivity index (χ0v) is 15.6. The summed E-state index contributed by atoms with van der Waals surface area (Å²) in [6, 6.07) is 9.33. The van der Waals surface area contributed by atoms with Crippen LogP contribution in [0.4, 0.5) is 10.9 Å². The number of nitrogens with zero attached hydrogens (tertiary/aromatic N) is 2. The highest BCUT2D eigenvalue weighted by atomic mass is 32.1. The maximum absolute atomic E-state index is 12.1. The molecule has 3 N–H and O–H groups in total. The monoisotopic (exact) mass is 386 g/mol. The van der Waals surface area contributed by atoms with Crippen LogP contribution in [0.15, 0.2) is 34.9 Å². The van der Waals surface area contributed by atoms with E-state index in [1.54, 1.807) is 13.0 Å². The van der Waals surface area contributed by atoms with Crippen LogP contribution >= 0.6 is 11.3 Å². The number of hydrogen-bond acceptors (Lipinski definition) is 8. The quantitative estimate of drug-likeness (QED) is 0.625. The lowest BCUT2D eigenvalue weighted by molar-refractivity contribution is -0.146. The molecule has 0 aliphatic carbocycles. The van der Waals surface area contributed by atoms with Gasteiger partial charge in [0.05, 0.1) is 12.1 Å².